The lowest BCUT2D eigenvalue weighted by Crippen LogP contribution is -2.17. The third-order valence-corrected chi connectivity index (χ3v) is 3.47. The lowest BCUT2D eigenvalue weighted by molar-refractivity contribution is -0.117. The molecule has 1 aromatic carbocycles. The summed E-state index contributed by atoms with van der Waals surface area (Å²) in [5, 5.41) is 5.72. The van der Waals surface area contributed by atoms with E-state index in [4.69, 9.17) is 5.73 Å². The summed E-state index contributed by atoms with van der Waals surface area (Å²) in [5.74, 6) is 0.266. The van der Waals surface area contributed by atoms with Crippen LogP contribution in [-0.4, -0.2) is 18.4 Å². The Labute approximate surface area is 126 Å². The molecule has 116 valence electrons. The van der Waals surface area contributed by atoms with Gasteiger partial charge in [-0.1, -0.05) is 19.9 Å². The first-order chi connectivity index (χ1) is 9.97. The van der Waals surface area contributed by atoms with Crippen LogP contribution in [0.3, 0.4) is 0 Å². The topological polar surface area (TPSA) is 84.2 Å². The van der Waals surface area contributed by atoms with Crippen molar-refractivity contribution in [2.24, 2.45) is 11.7 Å². The summed E-state index contributed by atoms with van der Waals surface area (Å²) < 4.78 is 0. The molecule has 0 bridgehead atoms. The molecule has 2 amide bonds. The quantitative estimate of drug-likeness (QED) is 0.722. The zero-order valence-electron chi connectivity index (χ0n) is 13.0. The van der Waals surface area contributed by atoms with Gasteiger partial charge in [-0.2, -0.15) is 0 Å². The van der Waals surface area contributed by atoms with Gasteiger partial charge in [-0.15, -0.1) is 0 Å². The van der Waals surface area contributed by atoms with Crippen molar-refractivity contribution in [2.45, 2.75) is 40.0 Å². The maximum absolute atomic E-state index is 11.9. The average Bonchev–Trinajstić information content (AvgIpc) is 2.48. The minimum Gasteiger partial charge on any atom is -0.330 e. The second-order valence-corrected chi connectivity index (χ2v) is 5.31. The smallest absolute Gasteiger partial charge is 0.224 e. The van der Waals surface area contributed by atoms with Gasteiger partial charge in [0.2, 0.25) is 11.8 Å². The average molecular weight is 291 g/mol. The maximum Gasteiger partial charge on any atom is 0.224 e. The predicted molar refractivity (Wildman–Crippen MR) is 86.2 cm³/mol. The molecular weight excluding hydrogens is 266 g/mol. The molecule has 0 aliphatic heterocycles. The zero-order valence-corrected chi connectivity index (χ0v) is 13.0. The summed E-state index contributed by atoms with van der Waals surface area (Å²) in [6.07, 6.45) is 1.64. The van der Waals surface area contributed by atoms with E-state index < -0.39 is 0 Å². The number of hydrogen-bond acceptors (Lipinski definition) is 3. The van der Waals surface area contributed by atoms with Gasteiger partial charge in [0.05, 0.1) is 0 Å². The first-order valence-electron chi connectivity index (χ1n) is 7.37. The van der Waals surface area contributed by atoms with Crippen molar-refractivity contribution in [1.29, 1.82) is 0 Å². The van der Waals surface area contributed by atoms with Crippen LogP contribution in [0.15, 0.2) is 18.2 Å². The van der Waals surface area contributed by atoms with Crippen molar-refractivity contribution in [3.8, 4) is 0 Å². The van der Waals surface area contributed by atoms with Gasteiger partial charge in [0, 0.05) is 24.2 Å². The van der Waals surface area contributed by atoms with Gasteiger partial charge >= 0.3 is 0 Å². The number of carbonyl (C=O) groups is 2. The Bertz CT molecular complexity index is 500. The Balaban J connectivity index is 2.69. The van der Waals surface area contributed by atoms with Gasteiger partial charge in [0.15, 0.2) is 0 Å². The van der Waals surface area contributed by atoms with Crippen LogP contribution in [0, 0.1) is 12.8 Å². The molecule has 0 saturated carbocycles. The Kier molecular flexibility index (Phi) is 6.88. The number of nitrogens with one attached hydrogen (secondary N) is 2. The van der Waals surface area contributed by atoms with Crippen molar-refractivity contribution in [3.63, 3.8) is 0 Å². The van der Waals surface area contributed by atoms with Gasteiger partial charge in [0.25, 0.3) is 0 Å². The number of amides is 2. The second-order valence-electron chi connectivity index (χ2n) is 5.31. The highest BCUT2D eigenvalue weighted by molar-refractivity contribution is 5.95. The molecule has 1 unspecified atom stereocenters. The SMILES string of the molecule is CCC(=O)Nc1cccc(NC(=O)CCC(C)CN)c1C. The third-order valence-electron chi connectivity index (χ3n) is 3.47. The molecule has 0 radical (unpaired) electrons. The highest BCUT2D eigenvalue weighted by Crippen LogP contribution is 2.23. The summed E-state index contributed by atoms with van der Waals surface area (Å²) >= 11 is 0. The standard InChI is InChI=1S/C16H25N3O2/c1-4-15(20)18-13-6-5-7-14(12(13)3)19-16(21)9-8-11(2)10-17/h5-7,11H,4,8-10,17H2,1-3H3,(H,18,20)(H,19,21). The molecule has 0 heterocycles. The van der Waals surface area contributed by atoms with E-state index in [0.29, 0.717) is 25.3 Å². The van der Waals surface area contributed by atoms with E-state index in [9.17, 15) is 9.59 Å². The molecule has 5 heteroatoms. The van der Waals surface area contributed by atoms with E-state index in [1.165, 1.54) is 0 Å². The fourth-order valence-corrected chi connectivity index (χ4v) is 1.85. The van der Waals surface area contributed by atoms with Gasteiger partial charge in [0.1, 0.15) is 0 Å². The van der Waals surface area contributed by atoms with Crippen LogP contribution in [0.25, 0.3) is 0 Å². The van der Waals surface area contributed by atoms with Gasteiger partial charge in [-0.3, -0.25) is 9.59 Å². The van der Waals surface area contributed by atoms with Gasteiger partial charge in [-0.05, 0) is 43.5 Å². The van der Waals surface area contributed by atoms with E-state index in [0.717, 1.165) is 23.4 Å². The number of hydrogen-bond donors (Lipinski definition) is 3. The fourth-order valence-electron chi connectivity index (χ4n) is 1.85. The normalized spacial score (nSPS) is 11.8. The Morgan fingerprint density at radius 2 is 1.76 bits per heavy atom. The molecule has 0 spiro atoms. The van der Waals surface area contributed by atoms with Gasteiger partial charge < -0.3 is 16.4 Å². The molecule has 1 atom stereocenters. The zero-order chi connectivity index (χ0) is 15.8. The molecule has 1 aromatic rings. The van der Waals surface area contributed by atoms with Gasteiger partial charge in [-0.25, -0.2) is 0 Å². The molecule has 0 fully saturated rings. The number of rotatable bonds is 7. The number of benzene rings is 1. The van der Waals surface area contributed by atoms with Crippen LogP contribution < -0.4 is 16.4 Å². The van der Waals surface area contributed by atoms with Crippen LogP contribution in [0.2, 0.25) is 0 Å². The van der Waals surface area contributed by atoms with Crippen molar-refractivity contribution in [1.82, 2.24) is 0 Å². The molecule has 1 rings (SSSR count). The molecule has 21 heavy (non-hydrogen) atoms. The monoisotopic (exact) mass is 291 g/mol. The lowest BCUT2D eigenvalue weighted by atomic mass is 10.1. The Morgan fingerprint density at radius 1 is 1.19 bits per heavy atom. The number of anilines is 2. The van der Waals surface area contributed by atoms with E-state index in [1.807, 2.05) is 32.0 Å². The molecule has 5 nitrogen and oxygen atoms in total. The fraction of sp³-hybridized carbons (Fsp3) is 0.500. The summed E-state index contributed by atoms with van der Waals surface area (Å²) in [6.45, 7) is 6.29. The largest absolute Gasteiger partial charge is 0.330 e. The summed E-state index contributed by atoms with van der Waals surface area (Å²) in [5.41, 5.74) is 7.87. The Hall–Kier alpha value is -1.88. The second kappa shape index (κ2) is 8.42. The third kappa shape index (κ3) is 5.55. The highest BCUT2D eigenvalue weighted by Gasteiger charge is 2.10. The van der Waals surface area contributed by atoms with Crippen LogP contribution in [-0.2, 0) is 9.59 Å². The minimum atomic E-state index is -0.0432. The molecule has 4 N–H and O–H groups in total. The maximum atomic E-state index is 11.9. The summed E-state index contributed by atoms with van der Waals surface area (Å²) in [4.78, 5) is 23.4. The van der Waals surface area contributed by atoms with Crippen molar-refractivity contribution < 1.29 is 9.59 Å². The minimum absolute atomic E-state index is 0.0302. The predicted octanol–water partition coefficient (Wildman–Crippen LogP) is 2.66. The highest BCUT2D eigenvalue weighted by atomic mass is 16.2. The lowest BCUT2D eigenvalue weighted by Gasteiger charge is -2.14. The van der Waals surface area contributed by atoms with Crippen molar-refractivity contribution >= 4 is 23.2 Å². The van der Waals surface area contributed by atoms with E-state index in [2.05, 4.69) is 10.6 Å². The van der Waals surface area contributed by atoms with E-state index in [-0.39, 0.29) is 11.8 Å². The Morgan fingerprint density at radius 3 is 2.29 bits per heavy atom. The molecular formula is C16H25N3O2. The first-order valence-corrected chi connectivity index (χ1v) is 7.37. The molecule has 0 aromatic heterocycles. The summed E-state index contributed by atoms with van der Waals surface area (Å²) in [7, 11) is 0. The van der Waals surface area contributed by atoms with Crippen LogP contribution in [0.5, 0.6) is 0 Å². The van der Waals surface area contributed by atoms with Crippen LogP contribution in [0.1, 0.15) is 38.7 Å². The summed E-state index contributed by atoms with van der Waals surface area (Å²) in [6, 6.07) is 5.48. The van der Waals surface area contributed by atoms with Crippen molar-refractivity contribution in [3.05, 3.63) is 23.8 Å². The van der Waals surface area contributed by atoms with Crippen molar-refractivity contribution in [2.75, 3.05) is 17.2 Å². The van der Waals surface area contributed by atoms with Crippen LogP contribution >= 0.6 is 0 Å². The number of nitrogens with two attached hydrogens (primary N) is 1. The first kappa shape index (κ1) is 17.2. The molecule has 0 aliphatic carbocycles. The van der Waals surface area contributed by atoms with E-state index >= 15 is 0 Å². The molecule has 0 aliphatic rings. The molecule has 0 saturated heterocycles. The number of carbonyl (C=O) groups excluding carboxylic acids is 2. The van der Waals surface area contributed by atoms with Crippen LogP contribution in [0.4, 0.5) is 11.4 Å². The van der Waals surface area contributed by atoms with E-state index in [1.54, 1.807) is 6.92 Å².